The fourth-order valence-electron chi connectivity index (χ4n) is 2.80. The molecule has 0 aromatic carbocycles. The van der Waals surface area contributed by atoms with Crippen LogP contribution in [0.3, 0.4) is 0 Å². The van der Waals surface area contributed by atoms with Crippen molar-refractivity contribution in [3.05, 3.63) is 16.3 Å². The van der Waals surface area contributed by atoms with Gasteiger partial charge in [0.05, 0.1) is 4.92 Å². The summed E-state index contributed by atoms with van der Waals surface area (Å²) in [6.45, 7) is 3.47. The van der Waals surface area contributed by atoms with E-state index in [0.717, 1.165) is 25.8 Å². The summed E-state index contributed by atoms with van der Waals surface area (Å²) < 4.78 is 1.49. The molecular weight excluding hydrogens is 246 g/mol. The Labute approximate surface area is 112 Å². The van der Waals surface area contributed by atoms with Gasteiger partial charge in [-0.15, -0.1) is 5.10 Å². The maximum absolute atomic E-state index is 11.1. The highest BCUT2D eigenvalue weighted by atomic mass is 16.6. The first kappa shape index (κ1) is 13.8. The number of nitrogens with zero attached hydrogens (tertiary/aromatic N) is 4. The van der Waals surface area contributed by atoms with Gasteiger partial charge in [0.15, 0.2) is 0 Å². The van der Waals surface area contributed by atoms with Crippen molar-refractivity contribution in [2.75, 3.05) is 18.0 Å². The molecular formula is C12H21N5O2. The van der Waals surface area contributed by atoms with Gasteiger partial charge >= 0.3 is 5.69 Å². The molecule has 0 bridgehead atoms. The number of piperidine rings is 1. The second kappa shape index (κ2) is 5.56. The molecule has 2 heterocycles. The Morgan fingerprint density at radius 2 is 2.37 bits per heavy atom. The molecule has 1 aliphatic heterocycles. The maximum atomic E-state index is 11.1. The summed E-state index contributed by atoms with van der Waals surface area (Å²) in [4.78, 5) is 12.7. The van der Waals surface area contributed by atoms with Gasteiger partial charge in [0.1, 0.15) is 6.20 Å². The van der Waals surface area contributed by atoms with E-state index in [9.17, 15) is 10.1 Å². The quantitative estimate of drug-likeness (QED) is 0.655. The van der Waals surface area contributed by atoms with Crippen LogP contribution in [0, 0.1) is 16.0 Å². The first-order chi connectivity index (χ1) is 9.06. The first-order valence-electron chi connectivity index (χ1n) is 6.71. The van der Waals surface area contributed by atoms with Crippen molar-refractivity contribution in [2.24, 2.45) is 18.7 Å². The highest BCUT2D eigenvalue weighted by Gasteiger charge is 2.33. The lowest BCUT2D eigenvalue weighted by atomic mass is 9.89. The maximum Gasteiger partial charge on any atom is 0.330 e. The zero-order valence-corrected chi connectivity index (χ0v) is 11.5. The lowest BCUT2D eigenvalue weighted by molar-refractivity contribution is -0.384. The Bertz CT molecular complexity index is 459. The molecule has 0 spiro atoms. The number of nitro groups is 1. The molecule has 1 fully saturated rings. The van der Waals surface area contributed by atoms with Crippen LogP contribution in [0.15, 0.2) is 6.20 Å². The van der Waals surface area contributed by atoms with Crippen LogP contribution in [0.4, 0.5) is 11.5 Å². The summed E-state index contributed by atoms with van der Waals surface area (Å²) in [5.41, 5.74) is 5.90. The van der Waals surface area contributed by atoms with E-state index in [4.69, 9.17) is 5.73 Å². The monoisotopic (exact) mass is 267 g/mol. The number of aromatic nitrogens is 2. The molecule has 2 rings (SSSR count). The van der Waals surface area contributed by atoms with Gasteiger partial charge in [0.25, 0.3) is 0 Å². The Morgan fingerprint density at radius 1 is 1.63 bits per heavy atom. The standard InChI is InChI=1S/C12H21N5O2/c1-3-9-4-5-16(10(6-9)7-13)12-11(17(18)19)8-15(2)14-12/h8-10H,3-7,13H2,1-2H3. The highest BCUT2D eigenvalue weighted by molar-refractivity contribution is 5.57. The number of aryl methyl sites for hydroxylation is 1. The Balaban J connectivity index is 2.27. The molecule has 2 unspecified atom stereocenters. The summed E-state index contributed by atoms with van der Waals surface area (Å²) in [5, 5.41) is 15.3. The Morgan fingerprint density at radius 3 is 2.95 bits per heavy atom. The fourth-order valence-corrected chi connectivity index (χ4v) is 2.80. The second-order valence-electron chi connectivity index (χ2n) is 5.15. The lowest BCUT2D eigenvalue weighted by Crippen LogP contribution is -2.47. The van der Waals surface area contributed by atoms with Crippen molar-refractivity contribution >= 4 is 11.5 Å². The fraction of sp³-hybridized carbons (Fsp3) is 0.750. The van der Waals surface area contributed by atoms with E-state index in [2.05, 4.69) is 12.0 Å². The molecule has 1 aromatic heterocycles. The van der Waals surface area contributed by atoms with Crippen molar-refractivity contribution in [3.8, 4) is 0 Å². The Kier molecular flexibility index (Phi) is 4.04. The predicted molar refractivity (Wildman–Crippen MR) is 73.1 cm³/mol. The number of hydrogen-bond acceptors (Lipinski definition) is 5. The number of anilines is 1. The third-order valence-corrected chi connectivity index (χ3v) is 3.93. The summed E-state index contributed by atoms with van der Waals surface area (Å²) in [5.74, 6) is 1.12. The van der Waals surface area contributed by atoms with Crippen molar-refractivity contribution in [1.82, 2.24) is 9.78 Å². The van der Waals surface area contributed by atoms with Gasteiger partial charge in [-0.1, -0.05) is 13.3 Å². The van der Waals surface area contributed by atoms with Crippen LogP contribution in [-0.2, 0) is 7.05 Å². The third-order valence-electron chi connectivity index (χ3n) is 3.93. The molecule has 7 heteroatoms. The van der Waals surface area contributed by atoms with Crippen LogP contribution in [0.25, 0.3) is 0 Å². The molecule has 1 saturated heterocycles. The normalized spacial score (nSPS) is 23.6. The van der Waals surface area contributed by atoms with Gasteiger partial charge in [-0.25, -0.2) is 0 Å². The van der Waals surface area contributed by atoms with Gasteiger partial charge in [-0.2, -0.15) is 0 Å². The van der Waals surface area contributed by atoms with Gasteiger partial charge in [-0.05, 0) is 18.8 Å². The summed E-state index contributed by atoms with van der Waals surface area (Å²) in [6.07, 6.45) is 4.62. The van der Waals surface area contributed by atoms with Gasteiger partial charge < -0.3 is 10.6 Å². The van der Waals surface area contributed by atoms with Crippen LogP contribution in [0.2, 0.25) is 0 Å². The van der Waals surface area contributed by atoms with Crippen molar-refractivity contribution in [1.29, 1.82) is 0 Å². The van der Waals surface area contributed by atoms with Crippen molar-refractivity contribution < 1.29 is 4.92 Å². The van der Waals surface area contributed by atoms with Crippen LogP contribution < -0.4 is 10.6 Å². The number of hydrogen-bond donors (Lipinski definition) is 1. The van der Waals surface area contributed by atoms with Crippen molar-refractivity contribution in [2.45, 2.75) is 32.2 Å². The first-order valence-corrected chi connectivity index (χ1v) is 6.71. The summed E-state index contributed by atoms with van der Waals surface area (Å²) in [6, 6.07) is 0.146. The summed E-state index contributed by atoms with van der Waals surface area (Å²) in [7, 11) is 1.70. The van der Waals surface area contributed by atoms with Crippen LogP contribution in [-0.4, -0.2) is 33.8 Å². The van der Waals surface area contributed by atoms with Gasteiger partial charge in [-0.3, -0.25) is 14.8 Å². The smallest absolute Gasteiger partial charge is 0.330 e. The minimum atomic E-state index is -0.373. The highest BCUT2D eigenvalue weighted by Crippen LogP contribution is 2.33. The van der Waals surface area contributed by atoms with Crippen LogP contribution in [0.5, 0.6) is 0 Å². The van der Waals surface area contributed by atoms with E-state index in [1.165, 1.54) is 10.9 Å². The zero-order chi connectivity index (χ0) is 14.0. The molecule has 19 heavy (non-hydrogen) atoms. The SMILES string of the molecule is CCC1CCN(c2nn(C)cc2[N+](=O)[O-])C(CN)C1. The topological polar surface area (TPSA) is 90.2 Å². The molecule has 7 nitrogen and oxygen atoms in total. The van der Waals surface area contributed by atoms with E-state index in [-0.39, 0.29) is 16.7 Å². The molecule has 2 N–H and O–H groups in total. The molecule has 0 radical (unpaired) electrons. The zero-order valence-electron chi connectivity index (χ0n) is 11.5. The van der Waals surface area contributed by atoms with E-state index in [1.807, 2.05) is 4.90 Å². The molecule has 0 saturated carbocycles. The molecule has 2 atom stereocenters. The molecule has 106 valence electrons. The predicted octanol–water partition coefficient (Wildman–Crippen LogP) is 1.28. The third kappa shape index (κ3) is 2.70. The number of rotatable bonds is 4. The average Bonchev–Trinajstić information content (AvgIpc) is 2.80. The average molecular weight is 267 g/mol. The van der Waals surface area contributed by atoms with E-state index in [1.54, 1.807) is 7.05 Å². The van der Waals surface area contributed by atoms with Gasteiger partial charge in [0.2, 0.25) is 5.82 Å². The van der Waals surface area contributed by atoms with Crippen LogP contribution >= 0.6 is 0 Å². The van der Waals surface area contributed by atoms with Crippen LogP contribution in [0.1, 0.15) is 26.2 Å². The summed E-state index contributed by atoms with van der Waals surface area (Å²) >= 11 is 0. The molecule has 0 aliphatic carbocycles. The van der Waals surface area contributed by atoms with E-state index >= 15 is 0 Å². The Hall–Kier alpha value is -1.63. The van der Waals surface area contributed by atoms with Gasteiger partial charge in [0, 0.05) is 26.2 Å². The van der Waals surface area contributed by atoms with E-state index in [0.29, 0.717) is 18.3 Å². The van der Waals surface area contributed by atoms with Crippen molar-refractivity contribution in [3.63, 3.8) is 0 Å². The molecule has 0 amide bonds. The minimum Gasteiger partial charge on any atom is -0.345 e. The largest absolute Gasteiger partial charge is 0.345 e. The lowest BCUT2D eigenvalue weighted by Gasteiger charge is -2.38. The van der Waals surface area contributed by atoms with E-state index < -0.39 is 0 Å². The minimum absolute atomic E-state index is 0.0656. The molecule has 1 aromatic rings. The number of nitrogens with two attached hydrogens (primary N) is 1. The molecule has 1 aliphatic rings. The second-order valence-corrected chi connectivity index (χ2v) is 5.15.